The van der Waals surface area contributed by atoms with Gasteiger partial charge in [0.1, 0.15) is 5.76 Å². The van der Waals surface area contributed by atoms with Gasteiger partial charge in [0.25, 0.3) is 11.8 Å². The van der Waals surface area contributed by atoms with Crippen LogP contribution >= 0.6 is 11.3 Å². The van der Waals surface area contributed by atoms with Crippen LogP contribution in [0.15, 0.2) is 22.7 Å². The minimum Gasteiger partial charge on any atom is -0.396 e. The summed E-state index contributed by atoms with van der Waals surface area (Å²) in [7, 11) is 0. The van der Waals surface area contributed by atoms with Crippen LogP contribution in [0.5, 0.6) is 0 Å². The highest BCUT2D eigenvalue weighted by molar-refractivity contribution is 7.15. The molecule has 0 saturated carbocycles. The fourth-order valence-corrected chi connectivity index (χ4v) is 5.01. The third-order valence-corrected chi connectivity index (χ3v) is 6.83. The largest absolute Gasteiger partial charge is 0.396 e. The summed E-state index contributed by atoms with van der Waals surface area (Å²) in [6.07, 6.45) is 0. The van der Waals surface area contributed by atoms with Crippen LogP contribution in [-0.4, -0.2) is 70.4 Å². The van der Waals surface area contributed by atoms with Gasteiger partial charge in [0.2, 0.25) is 0 Å². The number of hydrogen-bond acceptors (Lipinski definition) is 7. The van der Waals surface area contributed by atoms with Crippen LogP contribution in [0.3, 0.4) is 0 Å². The van der Waals surface area contributed by atoms with Gasteiger partial charge < -0.3 is 19.4 Å². The second-order valence-corrected chi connectivity index (χ2v) is 8.72. The van der Waals surface area contributed by atoms with Gasteiger partial charge in [0.15, 0.2) is 11.5 Å². The molecule has 2 unspecified atom stereocenters. The Labute approximate surface area is 165 Å². The molecule has 0 spiro atoms. The summed E-state index contributed by atoms with van der Waals surface area (Å²) in [6, 6.07) is 4.94. The predicted octanol–water partition coefficient (Wildman–Crippen LogP) is 1.45. The first kappa shape index (κ1) is 18.8. The summed E-state index contributed by atoms with van der Waals surface area (Å²) in [5.41, 5.74) is -0.279. The third kappa shape index (κ3) is 3.04. The molecule has 1 N–H and O–H groups in total. The Morgan fingerprint density at radius 2 is 1.86 bits per heavy atom. The highest BCUT2D eigenvalue weighted by Gasteiger charge is 2.54. The summed E-state index contributed by atoms with van der Waals surface area (Å²) < 4.78 is 4.98. The van der Waals surface area contributed by atoms with Crippen molar-refractivity contribution in [1.82, 2.24) is 15.0 Å². The summed E-state index contributed by atoms with van der Waals surface area (Å²) >= 11 is 1.19. The van der Waals surface area contributed by atoms with Gasteiger partial charge >= 0.3 is 0 Å². The van der Waals surface area contributed by atoms with Gasteiger partial charge in [-0.2, -0.15) is 0 Å². The van der Waals surface area contributed by atoms with E-state index in [2.05, 4.69) is 5.16 Å². The number of Topliss-reactive ketones (excluding diaryl/α,β-unsaturated/α-hetero) is 1. The number of rotatable bonds is 4. The Balaban J connectivity index is 1.48. The van der Waals surface area contributed by atoms with E-state index in [-0.39, 0.29) is 35.8 Å². The molecule has 2 saturated heterocycles. The molecule has 0 radical (unpaired) electrons. The normalized spacial score (nSPS) is 23.9. The molecule has 28 heavy (non-hydrogen) atoms. The third-order valence-electron chi connectivity index (χ3n) is 5.66. The number of likely N-dealkylation sites (tertiary alicyclic amines) is 2. The first-order valence-electron chi connectivity index (χ1n) is 9.06. The number of thiophene rings is 1. The molecule has 2 aliphatic rings. The number of carbonyl (C=O) groups is 3. The van der Waals surface area contributed by atoms with Crippen molar-refractivity contribution in [3.63, 3.8) is 0 Å². The van der Waals surface area contributed by atoms with Crippen molar-refractivity contribution in [1.29, 1.82) is 0 Å². The van der Waals surface area contributed by atoms with Crippen LogP contribution in [0.2, 0.25) is 0 Å². The Kier molecular flexibility index (Phi) is 4.59. The van der Waals surface area contributed by atoms with E-state index in [4.69, 9.17) is 4.52 Å². The Hall–Kier alpha value is -2.52. The molecular formula is C19H21N3O5S. The smallest absolute Gasteiger partial charge is 0.276 e. The van der Waals surface area contributed by atoms with E-state index < -0.39 is 5.41 Å². The minimum atomic E-state index is -0.537. The topological polar surface area (TPSA) is 104 Å². The Bertz CT molecular complexity index is 951. The zero-order valence-corrected chi connectivity index (χ0v) is 16.5. The highest BCUT2D eigenvalue weighted by atomic mass is 32.1. The first-order chi connectivity index (χ1) is 13.3. The van der Waals surface area contributed by atoms with Crippen LogP contribution in [-0.2, 0) is 0 Å². The number of aryl methyl sites for hydroxylation is 1. The van der Waals surface area contributed by atoms with Gasteiger partial charge in [-0.05, 0) is 26.0 Å². The van der Waals surface area contributed by atoms with Crippen molar-refractivity contribution < 1.29 is 24.0 Å². The summed E-state index contributed by atoms with van der Waals surface area (Å²) in [5.74, 6) is 0.139. The molecule has 148 valence electrons. The van der Waals surface area contributed by atoms with Crippen LogP contribution in [0.4, 0.5) is 0 Å². The van der Waals surface area contributed by atoms with E-state index in [9.17, 15) is 19.5 Å². The zero-order chi connectivity index (χ0) is 20.1. The maximum Gasteiger partial charge on any atom is 0.276 e. The van der Waals surface area contributed by atoms with Gasteiger partial charge in [0, 0.05) is 43.6 Å². The standard InChI is InChI=1S/C19H21N3O5S/c1-11-5-14(20-27-11)17(25)21-6-13-7-22(9-19(13,8-21)10-23)18(26)16-4-3-15(28-16)12(2)24/h3-5,13,23H,6-10H2,1-2H3. The summed E-state index contributed by atoms with van der Waals surface area (Å²) in [6.45, 7) is 4.76. The Morgan fingerprint density at radius 3 is 2.36 bits per heavy atom. The SMILES string of the molecule is CC(=O)c1ccc(C(=O)N2CC3CN(C(=O)c4cc(C)on4)CC3(CO)C2)s1. The number of fused-ring (bicyclic) bond motifs is 1. The van der Waals surface area contributed by atoms with E-state index >= 15 is 0 Å². The lowest BCUT2D eigenvalue weighted by Gasteiger charge is -2.26. The number of carbonyl (C=O) groups excluding carboxylic acids is 3. The van der Waals surface area contributed by atoms with Gasteiger partial charge in [-0.3, -0.25) is 14.4 Å². The fraction of sp³-hybridized carbons (Fsp3) is 0.474. The van der Waals surface area contributed by atoms with Crippen LogP contribution in [0.25, 0.3) is 0 Å². The number of aliphatic hydroxyl groups excluding tert-OH is 1. The van der Waals surface area contributed by atoms with Crippen LogP contribution < -0.4 is 0 Å². The zero-order valence-electron chi connectivity index (χ0n) is 15.7. The molecule has 0 aliphatic carbocycles. The molecule has 2 aromatic rings. The second kappa shape index (κ2) is 6.82. The lowest BCUT2D eigenvalue weighted by Crippen LogP contribution is -2.40. The first-order valence-corrected chi connectivity index (χ1v) is 9.88. The van der Waals surface area contributed by atoms with Crippen molar-refractivity contribution in [2.75, 3.05) is 32.8 Å². The molecule has 0 bridgehead atoms. The molecule has 2 atom stereocenters. The van der Waals surface area contributed by atoms with Crippen molar-refractivity contribution in [3.8, 4) is 0 Å². The number of nitrogens with zero attached hydrogens (tertiary/aromatic N) is 3. The molecule has 4 heterocycles. The molecule has 2 fully saturated rings. The molecule has 2 amide bonds. The lowest BCUT2D eigenvalue weighted by molar-refractivity contribution is 0.0663. The molecule has 9 heteroatoms. The van der Waals surface area contributed by atoms with Gasteiger partial charge in [0.05, 0.1) is 16.4 Å². The van der Waals surface area contributed by atoms with E-state index in [1.807, 2.05) is 0 Å². The van der Waals surface area contributed by atoms with E-state index in [0.29, 0.717) is 41.7 Å². The number of amides is 2. The summed E-state index contributed by atoms with van der Waals surface area (Å²) in [5, 5.41) is 13.9. The number of ketones is 1. The average molecular weight is 403 g/mol. The summed E-state index contributed by atoms with van der Waals surface area (Å²) in [4.78, 5) is 41.5. The maximum absolute atomic E-state index is 12.9. The molecule has 8 nitrogen and oxygen atoms in total. The molecule has 2 aromatic heterocycles. The molecule has 2 aliphatic heterocycles. The van der Waals surface area contributed by atoms with Crippen molar-refractivity contribution in [2.24, 2.45) is 11.3 Å². The minimum absolute atomic E-state index is 0.00867. The van der Waals surface area contributed by atoms with Gasteiger partial charge in [-0.25, -0.2) is 0 Å². The highest BCUT2D eigenvalue weighted by Crippen LogP contribution is 2.43. The maximum atomic E-state index is 12.9. The molecular weight excluding hydrogens is 382 g/mol. The number of aliphatic hydroxyl groups is 1. The van der Waals surface area contributed by atoms with Crippen molar-refractivity contribution in [3.05, 3.63) is 39.4 Å². The molecule has 4 rings (SSSR count). The van der Waals surface area contributed by atoms with E-state index in [1.54, 1.807) is 34.9 Å². The van der Waals surface area contributed by atoms with Crippen LogP contribution in [0, 0.1) is 18.3 Å². The molecule has 0 aromatic carbocycles. The average Bonchev–Trinajstić information content (AvgIpc) is 3.42. The predicted molar refractivity (Wildman–Crippen MR) is 100 cm³/mol. The van der Waals surface area contributed by atoms with Crippen molar-refractivity contribution >= 4 is 28.9 Å². The second-order valence-electron chi connectivity index (χ2n) is 7.63. The van der Waals surface area contributed by atoms with Gasteiger partial charge in [-0.1, -0.05) is 5.16 Å². The quantitative estimate of drug-likeness (QED) is 0.775. The lowest BCUT2D eigenvalue weighted by atomic mass is 9.82. The van der Waals surface area contributed by atoms with Crippen molar-refractivity contribution in [2.45, 2.75) is 13.8 Å². The number of aromatic nitrogens is 1. The van der Waals surface area contributed by atoms with E-state index in [1.165, 1.54) is 18.3 Å². The van der Waals surface area contributed by atoms with E-state index in [0.717, 1.165) is 0 Å². The number of hydrogen-bond donors (Lipinski definition) is 1. The Morgan fingerprint density at radius 1 is 1.21 bits per heavy atom. The van der Waals surface area contributed by atoms with Gasteiger partial charge in [-0.15, -0.1) is 11.3 Å². The van der Waals surface area contributed by atoms with Crippen LogP contribution in [0.1, 0.15) is 42.5 Å². The monoisotopic (exact) mass is 403 g/mol. The fourth-order valence-electron chi connectivity index (χ4n) is 4.14.